The second-order valence-electron chi connectivity index (χ2n) is 10.1. The molecule has 2 aliphatic rings. The van der Waals surface area contributed by atoms with Crippen LogP contribution < -0.4 is 14.8 Å². The Hall–Kier alpha value is -3.10. The molecule has 9 heteroatoms. The molecule has 1 fully saturated rings. The second kappa shape index (κ2) is 10.1. The number of nitrogens with zero attached hydrogens (tertiary/aromatic N) is 3. The second-order valence-corrected chi connectivity index (χ2v) is 10.5. The summed E-state index contributed by atoms with van der Waals surface area (Å²) < 4.78 is 17.0. The summed E-state index contributed by atoms with van der Waals surface area (Å²) in [5.41, 5.74) is 1.46. The molecule has 36 heavy (non-hydrogen) atoms. The molecule has 2 aliphatic heterocycles. The van der Waals surface area contributed by atoms with Gasteiger partial charge in [0.25, 0.3) is 0 Å². The number of ether oxygens (including phenoxy) is 2. The average molecular weight is 511 g/mol. The van der Waals surface area contributed by atoms with E-state index in [0.29, 0.717) is 29.7 Å². The number of piperidine rings is 1. The van der Waals surface area contributed by atoms with Gasteiger partial charge in [0.1, 0.15) is 17.1 Å². The number of carbonyl (C=O) groups is 1. The molecule has 190 valence electrons. The summed E-state index contributed by atoms with van der Waals surface area (Å²) >= 11 is 5.96. The third kappa shape index (κ3) is 5.50. The summed E-state index contributed by atoms with van der Waals surface area (Å²) in [6, 6.07) is 13.0. The maximum Gasteiger partial charge on any atom is 0.241 e. The normalized spacial score (nSPS) is 19.8. The summed E-state index contributed by atoms with van der Waals surface area (Å²) in [6.45, 7) is 6.25. The van der Waals surface area contributed by atoms with Crippen LogP contribution in [-0.2, 0) is 11.3 Å². The number of amides is 1. The summed E-state index contributed by atoms with van der Waals surface area (Å²) in [6.07, 6.45) is 2.26. The van der Waals surface area contributed by atoms with E-state index in [2.05, 4.69) is 20.4 Å². The number of methoxy groups -OCH3 is 1. The Labute approximate surface area is 215 Å². The van der Waals surface area contributed by atoms with Gasteiger partial charge in [0.05, 0.1) is 19.7 Å². The Balaban J connectivity index is 1.17. The van der Waals surface area contributed by atoms with Gasteiger partial charge in [-0.3, -0.25) is 9.69 Å². The van der Waals surface area contributed by atoms with Crippen LogP contribution in [0, 0.1) is 5.92 Å². The largest absolute Gasteiger partial charge is 0.497 e. The first-order chi connectivity index (χ1) is 17.3. The van der Waals surface area contributed by atoms with Crippen molar-refractivity contribution in [1.29, 1.82) is 0 Å². The van der Waals surface area contributed by atoms with Crippen LogP contribution in [0.15, 0.2) is 47.0 Å². The summed E-state index contributed by atoms with van der Waals surface area (Å²) in [4.78, 5) is 20.0. The van der Waals surface area contributed by atoms with Crippen molar-refractivity contribution in [1.82, 2.24) is 20.4 Å². The molecule has 5 rings (SSSR count). The van der Waals surface area contributed by atoms with E-state index in [-0.39, 0.29) is 23.5 Å². The van der Waals surface area contributed by atoms with Crippen LogP contribution in [0.5, 0.6) is 11.5 Å². The van der Waals surface area contributed by atoms with Gasteiger partial charge in [0.15, 0.2) is 0 Å². The number of carbonyl (C=O) groups excluding carboxylic acids is 1. The monoisotopic (exact) mass is 510 g/mol. The van der Waals surface area contributed by atoms with Gasteiger partial charge in [-0.1, -0.05) is 16.8 Å². The van der Waals surface area contributed by atoms with Crippen molar-refractivity contribution < 1.29 is 18.8 Å². The summed E-state index contributed by atoms with van der Waals surface area (Å²) in [7, 11) is 1.64. The van der Waals surface area contributed by atoms with E-state index in [1.807, 2.05) is 44.2 Å². The number of hydrogen-bond acceptors (Lipinski definition) is 7. The number of hydrogen-bond donors (Lipinski definition) is 1. The Morgan fingerprint density at radius 2 is 1.94 bits per heavy atom. The van der Waals surface area contributed by atoms with E-state index < -0.39 is 0 Å². The maximum atomic E-state index is 13.2. The molecule has 3 heterocycles. The standard InChI is InChI=1S/C27H31ClN4O4/c1-27(2)15-22(21-14-20(34-3)8-9-23(21)35-27)29-26(33)18-10-12-32(13-11-18)16-24-30-25(31-36-24)17-4-6-19(28)7-5-17/h4-9,14,18,22H,10-13,15-16H2,1-3H3,(H,29,33). The lowest BCUT2D eigenvalue weighted by molar-refractivity contribution is -0.127. The molecule has 0 radical (unpaired) electrons. The lowest BCUT2D eigenvalue weighted by atomic mass is 9.88. The molecule has 1 amide bonds. The van der Waals surface area contributed by atoms with Gasteiger partial charge in [-0.25, -0.2) is 0 Å². The van der Waals surface area contributed by atoms with Gasteiger partial charge in [-0.15, -0.1) is 0 Å². The highest BCUT2D eigenvalue weighted by atomic mass is 35.5. The van der Waals surface area contributed by atoms with E-state index in [1.165, 1.54) is 0 Å². The lowest BCUT2D eigenvalue weighted by Gasteiger charge is -2.39. The predicted molar refractivity (Wildman–Crippen MR) is 136 cm³/mol. The van der Waals surface area contributed by atoms with Gasteiger partial charge < -0.3 is 19.3 Å². The fourth-order valence-electron chi connectivity index (χ4n) is 4.96. The number of fused-ring (bicyclic) bond motifs is 1. The van der Waals surface area contributed by atoms with Crippen molar-refractivity contribution >= 4 is 17.5 Å². The number of halogens is 1. The van der Waals surface area contributed by atoms with Crippen LogP contribution in [0.1, 0.15) is 50.6 Å². The van der Waals surface area contributed by atoms with Gasteiger partial charge in [0, 0.05) is 28.5 Å². The summed E-state index contributed by atoms with van der Waals surface area (Å²) in [5, 5.41) is 8.06. The van der Waals surface area contributed by atoms with Gasteiger partial charge in [-0.2, -0.15) is 4.98 Å². The quantitative estimate of drug-likeness (QED) is 0.497. The highest BCUT2D eigenvalue weighted by Crippen LogP contribution is 2.41. The third-order valence-electron chi connectivity index (χ3n) is 6.88. The molecule has 3 aromatic rings. The first kappa shape index (κ1) is 24.6. The van der Waals surface area contributed by atoms with Crippen molar-refractivity contribution in [3.8, 4) is 22.9 Å². The van der Waals surface area contributed by atoms with E-state index in [0.717, 1.165) is 48.6 Å². The zero-order valence-electron chi connectivity index (χ0n) is 20.8. The van der Waals surface area contributed by atoms with E-state index in [9.17, 15) is 4.79 Å². The number of benzene rings is 2. The van der Waals surface area contributed by atoms with E-state index >= 15 is 0 Å². The predicted octanol–water partition coefficient (Wildman–Crippen LogP) is 5.03. The topological polar surface area (TPSA) is 89.7 Å². The number of aromatic nitrogens is 2. The molecule has 1 atom stereocenters. The SMILES string of the molecule is COc1ccc2c(c1)C(NC(=O)C1CCN(Cc3nc(-c4ccc(Cl)cc4)no3)CC1)CC(C)(C)O2. The smallest absolute Gasteiger partial charge is 0.241 e. The Morgan fingerprint density at radius 1 is 1.19 bits per heavy atom. The molecule has 0 aliphatic carbocycles. The van der Waals surface area contributed by atoms with E-state index in [1.54, 1.807) is 19.2 Å². The fourth-order valence-corrected chi connectivity index (χ4v) is 5.08. The molecule has 8 nitrogen and oxygen atoms in total. The molecule has 0 saturated carbocycles. The van der Waals surface area contributed by atoms with Crippen LogP contribution in [0.4, 0.5) is 0 Å². The lowest BCUT2D eigenvalue weighted by Crippen LogP contribution is -2.45. The zero-order valence-corrected chi connectivity index (χ0v) is 21.5. The minimum Gasteiger partial charge on any atom is -0.497 e. The third-order valence-corrected chi connectivity index (χ3v) is 7.13. The highest BCUT2D eigenvalue weighted by molar-refractivity contribution is 6.30. The van der Waals surface area contributed by atoms with Gasteiger partial charge in [0.2, 0.25) is 17.6 Å². The Kier molecular flexibility index (Phi) is 6.90. The molecule has 2 aromatic carbocycles. The molecule has 1 N–H and O–H groups in total. The van der Waals surface area contributed by atoms with Gasteiger partial charge >= 0.3 is 0 Å². The first-order valence-corrected chi connectivity index (χ1v) is 12.7. The van der Waals surface area contributed by atoms with Crippen LogP contribution in [0.2, 0.25) is 5.02 Å². The highest BCUT2D eigenvalue weighted by Gasteiger charge is 2.36. The van der Waals surface area contributed by atoms with E-state index in [4.69, 9.17) is 25.6 Å². The van der Waals surface area contributed by atoms with Crippen LogP contribution in [-0.4, -0.2) is 46.7 Å². The van der Waals surface area contributed by atoms with Crippen molar-refractivity contribution in [3.05, 3.63) is 58.9 Å². The van der Waals surface area contributed by atoms with Crippen LogP contribution in [0.25, 0.3) is 11.4 Å². The molecular weight excluding hydrogens is 480 g/mol. The number of rotatable bonds is 6. The summed E-state index contributed by atoms with van der Waals surface area (Å²) in [5.74, 6) is 2.72. The first-order valence-electron chi connectivity index (χ1n) is 12.3. The van der Waals surface area contributed by atoms with Crippen molar-refractivity contribution in [2.45, 2.75) is 51.3 Å². The molecular formula is C27H31ClN4O4. The molecule has 0 spiro atoms. The van der Waals surface area contributed by atoms with Crippen molar-refractivity contribution in [2.75, 3.05) is 20.2 Å². The molecule has 1 saturated heterocycles. The Morgan fingerprint density at radius 3 is 2.67 bits per heavy atom. The molecule has 0 bridgehead atoms. The molecule has 1 aromatic heterocycles. The number of likely N-dealkylation sites (tertiary alicyclic amines) is 1. The van der Waals surface area contributed by atoms with Crippen molar-refractivity contribution in [2.24, 2.45) is 5.92 Å². The van der Waals surface area contributed by atoms with Crippen LogP contribution >= 0.6 is 11.6 Å². The maximum absolute atomic E-state index is 13.2. The fraction of sp³-hybridized carbons (Fsp3) is 0.444. The minimum atomic E-state index is -0.363. The van der Waals surface area contributed by atoms with Crippen LogP contribution in [0.3, 0.4) is 0 Å². The zero-order chi connectivity index (χ0) is 25.3. The number of nitrogens with one attached hydrogen (secondary N) is 1. The van der Waals surface area contributed by atoms with Crippen molar-refractivity contribution in [3.63, 3.8) is 0 Å². The Bertz CT molecular complexity index is 1220. The average Bonchev–Trinajstić information content (AvgIpc) is 3.32. The minimum absolute atomic E-state index is 0.0337. The molecule has 1 unspecified atom stereocenters. The van der Waals surface area contributed by atoms with Gasteiger partial charge in [-0.05, 0) is 82.2 Å².